The van der Waals surface area contributed by atoms with Gasteiger partial charge in [0.05, 0.1) is 0 Å². The van der Waals surface area contributed by atoms with E-state index >= 15 is 0 Å². The number of benzene rings is 1. The number of rotatable bonds is 5. The number of nitrogens with zero attached hydrogens (tertiary/aromatic N) is 2. The fourth-order valence-corrected chi connectivity index (χ4v) is 4.02. The highest BCUT2D eigenvalue weighted by Crippen LogP contribution is 2.29. The van der Waals surface area contributed by atoms with E-state index in [1.165, 1.54) is 0 Å². The number of hydrogen-bond acceptors (Lipinski definition) is 3. The van der Waals surface area contributed by atoms with Gasteiger partial charge in [-0.3, -0.25) is 9.59 Å². The molecule has 2 aliphatic rings. The van der Waals surface area contributed by atoms with Crippen molar-refractivity contribution in [2.75, 3.05) is 31.1 Å². The van der Waals surface area contributed by atoms with Gasteiger partial charge in [0.2, 0.25) is 11.8 Å². The van der Waals surface area contributed by atoms with E-state index in [4.69, 9.17) is 0 Å². The summed E-state index contributed by atoms with van der Waals surface area (Å²) in [5.41, 5.74) is 0.856. The molecule has 2 aliphatic heterocycles. The van der Waals surface area contributed by atoms with Crippen molar-refractivity contribution < 1.29 is 9.59 Å². The van der Waals surface area contributed by atoms with Crippen molar-refractivity contribution in [2.45, 2.75) is 32.2 Å². The summed E-state index contributed by atoms with van der Waals surface area (Å²) in [4.78, 5) is 29.5. The van der Waals surface area contributed by atoms with Crippen molar-refractivity contribution in [3.05, 3.63) is 28.7 Å². The highest BCUT2D eigenvalue weighted by atomic mass is 79.9. The maximum Gasteiger partial charge on any atom is 0.239 e. The van der Waals surface area contributed by atoms with Crippen molar-refractivity contribution >= 4 is 33.4 Å². The molecule has 1 N–H and O–H groups in total. The highest BCUT2D eigenvalue weighted by molar-refractivity contribution is 9.10. The lowest BCUT2D eigenvalue weighted by atomic mass is 10.0. The second-order valence-electron chi connectivity index (χ2n) is 6.49. The zero-order valence-electron chi connectivity index (χ0n) is 14.0. The van der Waals surface area contributed by atoms with Crippen LogP contribution in [0.4, 0.5) is 5.69 Å². The smallest absolute Gasteiger partial charge is 0.239 e. The van der Waals surface area contributed by atoms with Gasteiger partial charge in [0.15, 0.2) is 0 Å². The molecule has 24 heavy (non-hydrogen) atoms. The molecule has 2 fully saturated rings. The van der Waals surface area contributed by atoms with Crippen LogP contribution in [0.3, 0.4) is 0 Å². The predicted octanol–water partition coefficient (Wildman–Crippen LogP) is 2.40. The van der Waals surface area contributed by atoms with Gasteiger partial charge in [-0.2, -0.15) is 0 Å². The molecule has 2 atom stereocenters. The summed E-state index contributed by atoms with van der Waals surface area (Å²) in [5.74, 6) is -0.589. The first kappa shape index (κ1) is 17.4. The van der Waals surface area contributed by atoms with Gasteiger partial charge in [-0.1, -0.05) is 28.9 Å². The highest BCUT2D eigenvalue weighted by Gasteiger charge is 2.41. The normalized spacial score (nSPS) is 23.8. The van der Waals surface area contributed by atoms with Crippen LogP contribution in [0.1, 0.15) is 26.2 Å². The third-order valence-electron chi connectivity index (χ3n) is 4.85. The second kappa shape index (κ2) is 7.66. The van der Waals surface area contributed by atoms with Crippen molar-refractivity contribution in [1.29, 1.82) is 0 Å². The molecule has 0 bridgehead atoms. The number of hydrogen-bond donors (Lipinski definition) is 1. The average Bonchev–Trinajstić information content (AvgIpc) is 3.21. The maximum atomic E-state index is 13.0. The van der Waals surface area contributed by atoms with Crippen LogP contribution in [0, 0.1) is 5.92 Å². The summed E-state index contributed by atoms with van der Waals surface area (Å²) in [6.45, 7) is 5.19. The van der Waals surface area contributed by atoms with Gasteiger partial charge in [-0.25, -0.2) is 0 Å². The molecule has 3 rings (SSSR count). The molecule has 0 radical (unpaired) electrons. The Morgan fingerprint density at radius 3 is 2.92 bits per heavy atom. The lowest BCUT2D eigenvalue weighted by Crippen LogP contribution is -2.47. The minimum atomic E-state index is -0.531. The van der Waals surface area contributed by atoms with E-state index in [0.717, 1.165) is 42.6 Å². The monoisotopic (exact) mass is 393 g/mol. The molecular formula is C18H24BrN3O2. The van der Waals surface area contributed by atoms with Gasteiger partial charge in [0.25, 0.3) is 0 Å². The molecule has 0 saturated carbocycles. The fourth-order valence-electron chi connectivity index (χ4n) is 3.63. The summed E-state index contributed by atoms with van der Waals surface area (Å²) in [6.07, 6.45) is 2.49. The van der Waals surface area contributed by atoms with Gasteiger partial charge in [0, 0.05) is 35.8 Å². The van der Waals surface area contributed by atoms with Gasteiger partial charge in [0.1, 0.15) is 5.92 Å². The van der Waals surface area contributed by atoms with Crippen LogP contribution >= 0.6 is 15.9 Å². The fraction of sp³-hybridized carbons (Fsp3) is 0.556. The SMILES string of the molecule is CCCN(C(=O)C1CCN(c2cccc(Br)c2)C1=O)C1CCNC1. The summed E-state index contributed by atoms with van der Waals surface area (Å²) in [5, 5.41) is 3.31. The number of amides is 2. The first-order valence-electron chi connectivity index (χ1n) is 8.70. The summed E-state index contributed by atoms with van der Waals surface area (Å²) >= 11 is 3.44. The molecule has 6 heteroatoms. The Balaban J connectivity index is 1.74. The van der Waals surface area contributed by atoms with Crippen LogP contribution in [-0.2, 0) is 9.59 Å². The molecule has 0 aromatic heterocycles. The van der Waals surface area contributed by atoms with Crippen LogP contribution in [0.15, 0.2) is 28.7 Å². The van der Waals surface area contributed by atoms with E-state index in [2.05, 4.69) is 28.2 Å². The van der Waals surface area contributed by atoms with Crippen LogP contribution in [-0.4, -0.2) is 48.9 Å². The van der Waals surface area contributed by atoms with Gasteiger partial charge < -0.3 is 15.1 Å². The zero-order chi connectivity index (χ0) is 17.1. The largest absolute Gasteiger partial charge is 0.338 e. The second-order valence-corrected chi connectivity index (χ2v) is 7.40. The maximum absolute atomic E-state index is 13.0. The van der Waals surface area contributed by atoms with E-state index in [-0.39, 0.29) is 17.9 Å². The molecular weight excluding hydrogens is 370 g/mol. The Kier molecular flexibility index (Phi) is 5.56. The molecule has 2 saturated heterocycles. The van der Waals surface area contributed by atoms with Crippen molar-refractivity contribution in [3.8, 4) is 0 Å². The lowest BCUT2D eigenvalue weighted by Gasteiger charge is -2.30. The molecule has 0 aliphatic carbocycles. The molecule has 1 aromatic rings. The lowest BCUT2D eigenvalue weighted by molar-refractivity contribution is -0.141. The first-order valence-corrected chi connectivity index (χ1v) is 9.49. The Hall–Kier alpha value is -1.40. The number of nitrogens with one attached hydrogen (secondary N) is 1. The summed E-state index contributed by atoms with van der Waals surface area (Å²) < 4.78 is 0.937. The third-order valence-corrected chi connectivity index (χ3v) is 5.34. The molecule has 2 amide bonds. The quantitative estimate of drug-likeness (QED) is 0.781. The molecule has 1 aromatic carbocycles. The molecule has 2 unspecified atom stereocenters. The Morgan fingerprint density at radius 2 is 2.25 bits per heavy atom. The minimum Gasteiger partial charge on any atom is -0.338 e. The first-order chi connectivity index (χ1) is 11.6. The van der Waals surface area contributed by atoms with E-state index in [1.54, 1.807) is 4.90 Å². The van der Waals surface area contributed by atoms with Crippen LogP contribution in [0.2, 0.25) is 0 Å². The van der Waals surface area contributed by atoms with Gasteiger partial charge >= 0.3 is 0 Å². The topological polar surface area (TPSA) is 52.7 Å². The molecule has 0 spiro atoms. The van der Waals surface area contributed by atoms with Crippen LogP contribution < -0.4 is 10.2 Å². The summed E-state index contributed by atoms with van der Waals surface area (Å²) in [7, 11) is 0. The van der Waals surface area contributed by atoms with Crippen molar-refractivity contribution in [1.82, 2.24) is 10.2 Å². The van der Waals surface area contributed by atoms with E-state index in [1.807, 2.05) is 29.2 Å². The van der Waals surface area contributed by atoms with Gasteiger partial charge in [-0.15, -0.1) is 0 Å². The van der Waals surface area contributed by atoms with Crippen molar-refractivity contribution in [3.63, 3.8) is 0 Å². The van der Waals surface area contributed by atoms with Crippen LogP contribution in [0.25, 0.3) is 0 Å². The average molecular weight is 394 g/mol. The Labute approximate surface area is 151 Å². The van der Waals surface area contributed by atoms with E-state index in [0.29, 0.717) is 13.0 Å². The minimum absolute atomic E-state index is 0.00745. The Bertz CT molecular complexity index is 616. The molecule has 5 nitrogen and oxygen atoms in total. The number of anilines is 1. The number of halogens is 1. The Morgan fingerprint density at radius 1 is 1.42 bits per heavy atom. The predicted molar refractivity (Wildman–Crippen MR) is 97.9 cm³/mol. The standard InChI is InChI=1S/C18H24BrN3O2/c1-2-9-21(15-6-8-20-12-15)17(23)16-7-10-22(18(16)24)14-5-3-4-13(19)11-14/h3-5,11,15-16,20H,2,6-10,12H2,1H3. The van der Waals surface area contributed by atoms with Crippen molar-refractivity contribution in [2.24, 2.45) is 5.92 Å². The van der Waals surface area contributed by atoms with E-state index < -0.39 is 5.92 Å². The van der Waals surface area contributed by atoms with Crippen LogP contribution in [0.5, 0.6) is 0 Å². The van der Waals surface area contributed by atoms with Gasteiger partial charge in [-0.05, 0) is 44.0 Å². The zero-order valence-corrected chi connectivity index (χ0v) is 15.6. The number of carbonyl (C=O) groups excluding carboxylic acids is 2. The van der Waals surface area contributed by atoms with E-state index in [9.17, 15) is 9.59 Å². The molecule has 130 valence electrons. The molecule has 2 heterocycles. The third kappa shape index (κ3) is 3.49. The summed E-state index contributed by atoms with van der Waals surface area (Å²) in [6, 6.07) is 7.92. The number of carbonyl (C=O) groups is 2.